The summed E-state index contributed by atoms with van der Waals surface area (Å²) in [6.07, 6.45) is 1.61. The molecular formula is C8H15NO3S. The van der Waals surface area contributed by atoms with Crippen molar-refractivity contribution in [2.75, 3.05) is 31.7 Å². The average Bonchev–Trinajstić information content (AvgIpc) is 2.35. The van der Waals surface area contributed by atoms with Gasteiger partial charge in [-0.05, 0) is 13.2 Å². The summed E-state index contributed by atoms with van der Waals surface area (Å²) in [6.45, 7) is 3.11. The van der Waals surface area contributed by atoms with Crippen LogP contribution in [0.2, 0.25) is 0 Å². The highest BCUT2D eigenvalue weighted by atomic mass is 32.2. The van der Waals surface area contributed by atoms with E-state index >= 15 is 0 Å². The Bertz CT molecular complexity index is 196. The summed E-state index contributed by atoms with van der Waals surface area (Å²) in [7, 11) is 0. The lowest BCUT2D eigenvalue weighted by atomic mass is 10.1. The number of hydrogen-bond acceptors (Lipinski definition) is 4. The van der Waals surface area contributed by atoms with Gasteiger partial charge in [0.1, 0.15) is 6.61 Å². The van der Waals surface area contributed by atoms with Crippen LogP contribution in [0.5, 0.6) is 0 Å². The Labute approximate surface area is 82.2 Å². The number of amides is 1. The molecule has 0 aliphatic carbocycles. The van der Waals surface area contributed by atoms with Crippen molar-refractivity contribution in [2.45, 2.75) is 12.5 Å². The highest BCUT2D eigenvalue weighted by Gasteiger charge is 2.30. The number of nitrogens with zero attached hydrogens (tertiary/aromatic N) is 1. The van der Waals surface area contributed by atoms with Gasteiger partial charge in [-0.1, -0.05) is 0 Å². The maximum atomic E-state index is 11.0. The summed E-state index contributed by atoms with van der Waals surface area (Å²) < 4.78 is 4.76. The lowest BCUT2D eigenvalue weighted by Crippen LogP contribution is -2.43. The number of aliphatic hydroxyl groups is 1. The van der Waals surface area contributed by atoms with Crippen LogP contribution in [0.3, 0.4) is 0 Å². The minimum Gasteiger partial charge on any atom is -0.448 e. The van der Waals surface area contributed by atoms with Crippen LogP contribution in [0.15, 0.2) is 0 Å². The molecule has 13 heavy (non-hydrogen) atoms. The molecule has 1 N–H and O–H groups in total. The molecule has 76 valence electrons. The second-order valence-electron chi connectivity index (χ2n) is 3.47. The van der Waals surface area contributed by atoms with Gasteiger partial charge in [-0.3, -0.25) is 0 Å². The molecule has 1 saturated heterocycles. The Morgan fingerprint density at radius 1 is 1.77 bits per heavy atom. The summed E-state index contributed by atoms with van der Waals surface area (Å²) in [5.74, 6) is 0.622. The fraction of sp³-hybridized carbons (Fsp3) is 0.875. The van der Waals surface area contributed by atoms with E-state index in [0.29, 0.717) is 25.4 Å². The third-order valence-electron chi connectivity index (χ3n) is 1.83. The van der Waals surface area contributed by atoms with Crippen molar-refractivity contribution >= 4 is 17.9 Å². The van der Waals surface area contributed by atoms with Crippen molar-refractivity contribution in [1.29, 1.82) is 0 Å². The van der Waals surface area contributed by atoms with Crippen molar-refractivity contribution in [3.05, 3.63) is 0 Å². The van der Waals surface area contributed by atoms with Crippen LogP contribution >= 0.6 is 11.8 Å². The Kier molecular flexibility index (Phi) is 3.44. The number of hydrogen-bond donors (Lipinski definition) is 1. The van der Waals surface area contributed by atoms with Crippen LogP contribution in [0.4, 0.5) is 4.79 Å². The average molecular weight is 205 g/mol. The number of cyclic esters (lactones) is 1. The van der Waals surface area contributed by atoms with Crippen LogP contribution < -0.4 is 0 Å². The molecule has 1 fully saturated rings. The molecule has 1 aliphatic heterocycles. The number of ether oxygens (including phenoxy) is 1. The number of β-amino-alcohol motifs (C(OH)–C–C–N with tert-alkyl or cyclic N) is 1. The van der Waals surface area contributed by atoms with E-state index in [4.69, 9.17) is 4.74 Å². The van der Waals surface area contributed by atoms with E-state index in [1.165, 1.54) is 4.90 Å². The lowest BCUT2D eigenvalue weighted by molar-refractivity contribution is 0.0535. The zero-order valence-corrected chi connectivity index (χ0v) is 8.76. The number of carbonyl (C=O) groups is 1. The fourth-order valence-corrected chi connectivity index (χ4v) is 2.05. The first-order valence-corrected chi connectivity index (χ1v) is 5.57. The summed E-state index contributed by atoms with van der Waals surface area (Å²) >= 11 is 1.56. The minimum atomic E-state index is -0.817. The molecule has 0 aromatic heterocycles. The first-order chi connectivity index (χ1) is 6.05. The van der Waals surface area contributed by atoms with Crippen LogP contribution in [-0.2, 0) is 4.74 Å². The molecule has 1 heterocycles. The van der Waals surface area contributed by atoms with Gasteiger partial charge in [0, 0.05) is 5.75 Å². The van der Waals surface area contributed by atoms with Crippen LogP contribution in [-0.4, -0.2) is 53.4 Å². The fourth-order valence-electron chi connectivity index (χ4n) is 1.34. The van der Waals surface area contributed by atoms with E-state index < -0.39 is 5.60 Å². The van der Waals surface area contributed by atoms with Gasteiger partial charge in [0.25, 0.3) is 0 Å². The summed E-state index contributed by atoms with van der Waals surface area (Å²) in [6, 6.07) is 0. The predicted molar refractivity (Wildman–Crippen MR) is 51.9 cm³/mol. The zero-order chi connectivity index (χ0) is 9.90. The van der Waals surface area contributed by atoms with E-state index in [-0.39, 0.29) is 6.09 Å². The van der Waals surface area contributed by atoms with Crippen LogP contribution in [0.25, 0.3) is 0 Å². The Balaban J connectivity index is 2.42. The van der Waals surface area contributed by atoms with Gasteiger partial charge in [-0.15, -0.1) is 0 Å². The van der Waals surface area contributed by atoms with Crippen molar-refractivity contribution in [1.82, 2.24) is 4.90 Å². The molecule has 0 aromatic carbocycles. The first kappa shape index (κ1) is 10.7. The van der Waals surface area contributed by atoms with Gasteiger partial charge < -0.3 is 14.7 Å². The molecule has 1 amide bonds. The third kappa shape index (κ3) is 3.08. The second kappa shape index (κ2) is 4.19. The van der Waals surface area contributed by atoms with Crippen LogP contribution in [0, 0.1) is 0 Å². The molecule has 0 saturated carbocycles. The molecule has 0 radical (unpaired) electrons. The molecule has 5 heteroatoms. The standard InChI is InChI=1S/C8H15NO3S/c1-8(11,6-13-2)5-9-3-4-12-7(9)10/h11H,3-6H2,1-2H3. The highest BCUT2D eigenvalue weighted by molar-refractivity contribution is 7.98. The molecule has 1 unspecified atom stereocenters. The molecule has 1 atom stereocenters. The summed E-state index contributed by atoms with van der Waals surface area (Å²) in [5, 5.41) is 9.82. The van der Waals surface area contributed by atoms with Gasteiger partial charge in [-0.2, -0.15) is 11.8 Å². The monoisotopic (exact) mass is 205 g/mol. The molecule has 0 bridgehead atoms. The molecule has 0 aromatic rings. The second-order valence-corrected chi connectivity index (χ2v) is 4.33. The highest BCUT2D eigenvalue weighted by Crippen LogP contribution is 2.15. The molecule has 1 aliphatic rings. The third-order valence-corrected chi connectivity index (χ3v) is 2.74. The van der Waals surface area contributed by atoms with Crippen molar-refractivity contribution in [2.24, 2.45) is 0 Å². The topological polar surface area (TPSA) is 49.8 Å². The summed E-state index contributed by atoms with van der Waals surface area (Å²) in [4.78, 5) is 12.6. The van der Waals surface area contributed by atoms with E-state index in [1.807, 2.05) is 6.26 Å². The molecule has 0 spiro atoms. The predicted octanol–water partition coefficient (Wildman–Crippen LogP) is 0.553. The van der Waals surface area contributed by atoms with E-state index in [0.717, 1.165) is 0 Å². The van der Waals surface area contributed by atoms with Gasteiger partial charge >= 0.3 is 6.09 Å². The van der Waals surface area contributed by atoms with E-state index in [9.17, 15) is 9.90 Å². The zero-order valence-electron chi connectivity index (χ0n) is 7.95. The molecule has 1 rings (SSSR count). The quantitative estimate of drug-likeness (QED) is 0.728. The van der Waals surface area contributed by atoms with Gasteiger partial charge in [0.15, 0.2) is 0 Å². The van der Waals surface area contributed by atoms with Crippen molar-refractivity contribution in [3.8, 4) is 0 Å². The maximum Gasteiger partial charge on any atom is 0.410 e. The minimum absolute atomic E-state index is 0.318. The normalized spacial score (nSPS) is 21.5. The number of carbonyl (C=O) groups excluding carboxylic acids is 1. The molecule has 4 nitrogen and oxygen atoms in total. The van der Waals surface area contributed by atoms with Gasteiger partial charge in [-0.25, -0.2) is 4.79 Å². The van der Waals surface area contributed by atoms with Crippen molar-refractivity contribution in [3.63, 3.8) is 0 Å². The first-order valence-electron chi connectivity index (χ1n) is 4.18. The van der Waals surface area contributed by atoms with E-state index in [1.54, 1.807) is 18.7 Å². The smallest absolute Gasteiger partial charge is 0.410 e. The lowest BCUT2D eigenvalue weighted by Gasteiger charge is -2.26. The summed E-state index contributed by atoms with van der Waals surface area (Å²) in [5.41, 5.74) is -0.817. The Morgan fingerprint density at radius 2 is 2.46 bits per heavy atom. The van der Waals surface area contributed by atoms with Gasteiger partial charge in [0.2, 0.25) is 0 Å². The largest absolute Gasteiger partial charge is 0.448 e. The molecular weight excluding hydrogens is 190 g/mol. The SMILES string of the molecule is CSCC(C)(O)CN1CCOC1=O. The number of thioether (sulfide) groups is 1. The van der Waals surface area contributed by atoms with Crippen molar-refractivity contribution < 1.29 is 14.6 Å². The maximum absolute atomic E-state index is 11.0. The number of rotatable bonds is 4. The Hall–Kier alpha value is -0.420. The van der Waals surface area contributed by atoms with Gasteiger partial charge in [0.05, 0.1) is 18.7 Å². The Morgan fingerprint density at radius 3 is 2.92 bits per heavy atom. The van der Waals surface area contributed by atoms with E-state index in [2.05, 4.69) is 0 Å². The van der Waals surface area contributed by atoms with Crippen LogP contribution in [0.1, 0.15) is 6.92 Å².